The Hall–Kier alpha value is -1.62. The van der Waals surface area contributed by atoms with Crippen molar-refractivity contribution in [2.45, 2.75) is 27.7 Å². The van der Waals surface area contributed by atoms with Crippen molar-refractivity contribution >= 4 is 27.9 Å². The second-order valence-corrected chi connectivity index (χ2v) is 5.25. The summed E-state index contributed by atoms with van der Waals surface area (Å²) in [5.74, 6) is -0.833. The molecule has 114 valence electrons. The van der Waals surface area contributed by atoms with E-state index in [1.807, 2.05) is 45.0 Å². The Labute approximate surface area is 156 Å². The van der Waals surface area contributed by atoms with Crippen molar-refractivity contribution in [2.24, 2.45) is 0 Å². The van der Waals surface area contributed by atoms with Gasteiger partial charge in [0.15, 0.2) is 0 Å². The van der Waals surface area contributed by atoms with Crippen LogP contribution >= 0.6 is 0 Å². The average Bonchev–Trinajstić information content (AvgIpc) is 2.44. The topological polar surface area (TPSA) is 67.5 Å². The van der Waals surface area contributed by atoms with Gasteiger partial charge in [-0.2, -0.15) is 17.7 Å². The maximum Gasteiger partial charge on any atom is 1.00 e. The summed E-state index contributed by atoms with van der Waals surface area (Å²) < 4.78 is 5.84. The molecular weight excluding hydrogens is 303 g/mol. The van der Waals surface area contributed by atoms with Crippen molar-refractivity contribution in [2.75, 3.05) is 0 Å². The molecule has 0 spiro atoms. The van der Waals surface area contributed by atoms with Crippen molar-refractivity contribution < 1.29 is 43.9 Å². The molecule has 0 aliphatic rings. The van der Waals surface area contributed by atoms with Crippen LogP contribution in [-0.2, 0) is 4.79 Å². The monoisotopic (exact) mass is 320 g/mol. The van der Waals surface area contributed by atoms with Gasteiger partial charge in [-0.25, -0.2) is 0 Å². The molecule has 0 bridgehead atoms. The molecule has 0 aliphatic heterocycles. The molecule has 0 atom stereocenters. The fourth-order valence-corrected chi connectivity index (χ4v) is 2.19. The van der Waals surface area contributed by atoms with Gasteiger partial charge in [0.1, 0.15) is 11.0 Å². The van der Waals surface area contributed by atoms with Gasteiger partial charge in [-0.15, -0.1) is 6.07 Å². The van der Waals surface area contributed by atoms with Gasteiger partial charge in [0.25, 0.3) is 5.97 Å². The minimum Gasteiger partial charge on any atom is -0.482 e. The summed E-state index contributed by atoms with van der Waals surface area (Å²) in [5.41, 5.74) is 4.38. The zero-order valence-corrected chi connectivity index (χ0v) is 16.0. The van der Waals surface area contributed by atoms with E-state index in [1.165, 1.54) is 0 Å². The van der Waals surface area contributed by atoms with E-state index in [0.29, 0.717) is 21.9 Å². The van der Waals surface area contributed by atoms with Crippen LogP contribution in [0.2, 0.25) is 0 Å². The summed E-state index contributed by atoms with van der Waals surface area (Å²) >= 11 is 0. The molecule has 2 aromatic carbocycles. The standard InChI is InChI=1S/C16H13O2.C2H4O2.Na/c1-9-4-7-14-13(8-9)15(17)12-6-5-10(2)11(3)16(12)18-14;1-2(3)4;/h4-6,8H,1-3H3;1H3,(H,3,4);/q-1;;+1. The first kappa shape index (κ1) is 19.4. The van der Waals surface area contributed by atoms with Crippen LogP contribution in [0.5, 0.6) is 0 Å². The van der Waals surface area contributed by atoms with Crippen molar-refractivity contribution in [1.29, 1.82) is 0 Å². The number of hydrogen-bond donors (Lipinski definition) is 1. The smallest absolute Gasteiger partial charge is 0.482 e. The van der Waals surface area contributed by atoms with Crippen molar-refractivity contribution in [3.63, 3.8) is 0 Å². The number of carboxylic acids is 1. The fraction of sp³-hybridized carbons (Fsp3) is 0.222. The Morgan fingerprint density at radius 2 is 1.78 bits per heavy atom. The van der Waals surface area contributed by atoms with Crippen LogP contribution in [0.4, 0.5) is 0 Å². The molecule has 23 heavy (non-hydrogen) atoms. The summed E-state index contributed by atoms with van der Waals surface area (Å²) in [7, 11) is 0. The third-order valence-electron chi connectivity index (χ3n) is 3.42. The normalized spacial score (nSPS) is 9.91. The first-order valence-corrected chi connectivity index (χ1v) is 6.86. The summed E-state index contributed by atoms with van der Waals surface area (Å²) in [4.78, 5) is 21.4. The predicted octanol–water partition coefficient (Wildman–Crippen LogP) is 0.767. The number of benzene rings is 2. The Bertz CT molecular complexity index is 922. The number of rotatable bonds is 0. The van der Waals surface area contributed by atoms with E-state index in [4.69, 9.17) is 14.3 Å². The molecule has 1 heterocycles. The SMILES string of the molecule is CC(=O)O.Cc1c[c-]c2oc3c(C)c(C)ccc3c(=O)c2c1.[Na+]. The molecule has 0 amide bonds. The first-order valence-electron chi connectivity index (χ1n) is 6.86. The molecular formula is C18H17NaO4. The molecule has 3 rings (SSSR count). The molecule has 0 radical (unpaired) electrons. The number of hydrogen-bond acceptors (Lipinski definition) is 3. The molecule has 1 N–H and O–H groups in total. The fourth-order valence-electron chi connectivity index (χ4n) is 2.19. The van der Waals surface area contributed by atoms with Gasteiger partial charge in [-0.1, -0.05) is 13.0 Å². The molecule has 4 nitrogen and oxygen atoms in total. The van der Waals surface area contributed by atoms with Crippen molar-refractivity contribution in [1.82, 2.24) is 0 Å². The summed E-state index contributed by atoms with van der Waals surface area (Å²) in [5, 5.41) is 8.66. The third-order valence-corrected chi connectivity index (χ3v) is 3.42. The Morgan fingerprint density at radius 3 is 2.39 bits per heavy atom. The number of carbonyl (C=O) groups is 1. The van der Waals surface area contributed by atoms with Crippen LogP contribution in [0.25, 0.3) is 21.9 Å². The largest absolute Gasteiger partial charge is 1.00 e. The molecule has 0 aliphatic carbocycles. The molecule has 5 heteroatoms. The van der Waals surface area contributed by atoms with Crippen LogP contribution in [0, 0.1) is 26.8 Å². The Balaban J connectivity index is 0.000000478. The van der Waals surface area contributed by atoms with Gasteiger partial charge in [-0.05, 0) is 36.4 Å². The molecule has 3 aromatic rings. The van der Waals surface area contributed by atoms with Crippen molar-refractivity contribution in [3.05, 3.63) is 57.2 Å². The number of aliphatic carboxylic acids is 1. The summed E-state index contributed by atoms with van der Waals surface area (Å²) in [6.07, 6.45) is 0. The first-order chi connectivity index (χ1) is 10.3. The maximum absolute atomic E-state index is 12.4. The summed E-state index contributed by atoms with van der Waals surface area (Å²) in [6, 6.07) is 10.5. The summed E-state index contributed by atoms with van der Waals surface area (Å²) in [6.45, 7) is 7.01. The van der Waals surface area contributed by atoms with Crippen LogP contribution in [0.1, 0.15) is 23.6 Å². The van der Waals surface area contributed by atoms with Gasteiger partial charge in [0, 0.05) is 12.5 Å². The maximum atomic E-state index is 12.4. The zero-order valence-electron chi connectivity index (χ0n) is 14.0. The van der Waals surface area contributed by atoms with Gasteiger partial charge in [-0.3, -0.25) is 4.79 Å². The van der Waals surface area contributed by atoms with Gasteiger partial charge < -0.3 is 14.3 Å². The van der Waals surface area contributed by atoms with E-state index in [9.17, 15) is 4.79 Å². The molecule has 0 fully saturated rings. The van der Waals surface area contributed by atoms with Gasteiger partial charge >= 0.3 is 29.6 Å². The van der Waals surface area contributed by atoms with Crippen LogP contribution in [0.15, 0.2) is 33.5 Å². The number of carboxylic acid groups (broad SMARTS) is 1. The van der Waals surface area contributed by atoms with Crippen LogP contribution < -0.4 is 35.0 Å². The zero-order chi connectivity index (χ0) is 16.4. The van der Waals surface area contributed by atoms with E-state index in [2.05, 4.69) is 6.07 Å². The van der Waals surface area contributed by atoms with E-state index < -0.39 is 5.97 Å². The molecule has 0 unspecified atom stereocenters. The third kappa shape index (κ3) is 4.22. The Morgan fingerprint density at radius 1 is 1.17 bits per heavy atom. The van der Waals surface area contributed by atoms with Crippen LogP contribution in [-0.4, -0.2) is 11.1 Å². The van der Waals surface area contributed by atoms with Gasteiger partial charge in [0.05, 0.1) is 5.39 Å². The minimum atomic E-state index is -0.833. The van der Waals surface area contributed by atoms with E-state index in [0.717, 1.165) is 23.6 Å². The molecule has 1 aromatic heterocycles. The second-order valence-electron chi connectivity index (χ2n) is 5.25. The second kappa shape index (κ2) is 7.77. The number of aryl methyl sites for hydroxylation is 3. The minimum absolute atomic E-state index is 0. The Kier molecular flexibility index (Phi) is 6.57. The average molecular weight is 320 g/mol. The van der Waals surface area contributed by atoms with Crippen LogP contribution in [0.3, 0.4) is 0 Å². The quantitative estimate of drug-likeness (QED) is 0.377. The molecule has 0 saturated carbocycles. The van der Waals surface area contributed by atoms with Crippen molar-refractivity contribution in [3.8, 4) is 0 Å². The van der Waals surface area contributed by atoms with E-state index in [-0.39, 0.29) is 35.0 Å². The van der Waals surface area contributed by atoms with E-state index >= 15 is 0 Å². The number of fused-ring (bicyclic) bond motifs is 2. The van der Waals surface area contributed by atoms with Gasteiger partial charge in [0.2, 0.25) is 0 Å². The molecule has 0 saturated heterocycles. The van der Waals surface area contributed by atoms with E-state index in [1.54, 1.807) is 0 Å². The predicted molar refractivity (Wildman–Crippen MR) is 86.3 cm³/mol.